The molecule has 8 heteroatoms. The Bertz CT molecular complexity index is 1110. The van der Waals surface area contributed by atoms with Crippen molar-refractivity contribution in [3.05, 3.63) is 48.6 Å². The second-order valence-corrected chi connectivity index (χ2v) is 17.4. The van der Waals surface area contributed by atoms with Crippen LogP contribution in [0.3, 0.4) is 0 Å². The van der Waals surface area contributed by atoms with Gasteiger partial charge in [-0.25, -0.2) is 4.79 Å². The van der Waals surface area contributed by atoms with Crippen LogP contribution in [0.4, 0.5) is 0 Å². The second kappa shape index (κ2) is 42.0. The maximum atomic E-state index is 12.7. The summed E-state index contributed by atoms with van der Waals surface area (Å²) >= 11 is 0. The number of esters is 2. The summed E-state index contributed by atoms with van der Waals surface area (Å²) in [6.45, 7) is 4.60. The third-order valence-corrected chi connectivity index (χ3v) is 10.8. The van der Waals surface area contributed by atoms with E-state index in [0.717, 1.165) is 57.8 Å². The number of ether oxygens (including phenoxy) is 3. The first kappa shape index (κ1) is 56.3. The highest BCUT2D eigenvalue weighted by Gasteiger charge is 2.31. The Balaban J connectivity index is 4.27. The predicted molar refractivity (Wildman–Crippen MR) is 248 cm³/mol. The largest absolute Gasteiger partial charge is 0.477 e. The van der Waals surface area contributed by atoms with Crippen LogP contribution in [-0.2, 0) is 28.6 Å². The number of carbonyl (C=O) groups excluding carboxylic acids is 2. The van der Waals surface area contributed by atoms with Crippen molar-refractivity contribution < 1.29 is 38.2 Å². The summed E-state index contributed by atoms with van der Waals surface area (Å²) in [5.74, 6) is -1.48. The van der Waals surface area contributed by atoms with Crippen LogP contribution in [0.5, 0.6) is 0 Å². The van der Waals surface area contributed by atoms with Gasteiger partial charge in [-0.05, 0) is 57.8 Å². The number of hydrogen-bond donors (Lipinski definition) is 1. The smallest absolute Gasteiger partial charge is 0.362 e. The van der Waals surface area contributed by atoms with Gasteiger partial charge >= 0.3 is 17.9 Å². The Morgan fingerprint density at radius 3 is 1.44 bits per heavy atom. The number of allylic oxidation sites excluding steroid dienone is 8. The molecule has 342 valence electrons. The van der Waals surface area contributed by atoms with E-state index in [1.807, 2.05) is 21.1 Å². The first-order valence-electron chi connectivity index (χ1n) is 24.2. The second-order valence-electron chi connectivity index (χ2n) is 17.4. The van der Waals surface area contributed by atoms with Crippen molar-refractivity contribution in [2.45, 2.75) is 219 Å². The number of quaternary nitrogens is 1. The molecule has 59 heavy (non-hydrogen) atoms. The highest BCUT2D eigenvalue weighted by atomic mass is 16.6. The fourth-order valence-corrected chi connectivity index (χ4v) is 7.03. The quantitative estimate of drug-likeness (QED) is 0.0215. The molecule has 2 unspecified atom stereocenters. The van der Waals surface area contributed by atoms with Gasteiger partial charge in [-0.1, -0.05) is 178 Å². The molecule has 8 nitrogen and oxygen atoms in total. The lowest BCUT2D eigenvalue weighted by atomic mass is 10.1. The van der Waals surface area contributed by atoms with Crippen LogP contribution in [0.1, 0.15) is 206 Å². The van der Waals surface area contributed by atoms with E-state index in [4.69, 9.17) is 14.2 Å². The van der Waals surface area contributed by atoms with Crippen molar-refractivity contribution in [1.29, 1.82) is 0 Å². The van der Waals surface area contributed by atoms with Crippen LogP contribution in [0.25, 0.3) is 0 Å². The molecule has 0 heterocycles. The maximum absolute atomic E-state index is 12.7. The molecule has 0 aliphatic rings. The normalized spacial score (nSPS) is 13.3. The number of aliphatic carboxylic acids is 1. The fraction of sp³-hybridized carbons (Fsp3) is 0.784. The fourth-order valence-electron chi connectivity index (χ4n) is 7.03. The number of carbonyl (C=O) groups is 3. The third-order valence-electron chi connectivity index (χ3n) is 10.8. The molecule has 0 saturated heterocycles. The van der Waals surface area contributed by atoms with Crippen molar-refractivity contribution >= 4 is 17.9 Å². The lowest BCUT2D eigenvalue weighted by molar-refractivity contribution is -0.887. The lowest BCUT2D eigenvalue weighted by Gasteiger charge is -2.31. The SMILES string of the molecule is CC/C=C/C=C/C=C/CCCCCCCCCC(=O)OC(COCCC(C(=O)O)[N+](C)(C)C)COC(=O)CCCCCCCCC/C=C/CCCCCCCCCCC. The first-order chi connectivity index (χ1) is 28.6. The summed E-state index contributed by atoms with van der Waals surface area (Å²) in [5.41, 5.74) is 0. The number of carboxylic acid groups (broad SMARTS) is 1. The van der Waals surface area contributed by atoms with Gasteiger partial charge in [0, 0.05) is 19.3 Å². The van der Waals surface area contributed by atoms with Gasteiger partial charge in [0.25, 0.3) is 0 Å². The molecule has 0 saturated carbocycles. The molecule has 0 aromatic rings. The summed E-state index contributed by atoms with van der Waals surface area (Å²) in [7, 11) is 5.52. The Hall–Kier alpha value is -2.71. The Morgan fingerprint density at radius 1 is 0.525 bits per heavy atom. The predicted octanol–water partition coefficient (Wildman–Crippen LogP) is 13.6. The molecule has 0 rings (SSSR count). The number of unbranched alkanes of at least 4 members (excludes halogenated alkanes) is 23. The molecule has 0 radical (unpaired) electrons. The molecule has 0 bridgehead atoms. The van der Waals surface area contributed by atoms with E-state index in [1.165, 1.54) is 116 Å². The molecular formula is C51H92NO7+. The highest BCUT2D eigenvalue weighted by Crippen LogP contribution is 2.15. The van der Waals surface area contributed by atoms with E-state index in [2.05, 4.69) is 62.5 Å². The molecule has 0 aromatic carbocycles. The minimum atomic E-state index is -0.878. The van der Waals surface area contributed by atoms with Gasteiger partial charge in [-0.3, -0.25) is 9.59 Å². The van der Waals surface area contributed by atoms with Crippen LogP contribution in [0.2, 0.25) is 0 Å². The summed E-state index contributed by atoms with van der Waals surface area (Å²) in [5, 5.41) is 9.63. The monoisotopic (exact) mass is 831 g/mol. The standard InChI is InChI=1S/C51H91NO7/c1-6-8-10-12-14-16-18-20-22-23-24-25-26-28-29-31-33-35-37-39-41-49(53)58-46-47(45-57-44-43-48(51(55)56)52(3,4)5)59-50(54)42-40-38-36-34-32-30-27-21-19-17-15-13-11-9-7-2/h9,11,13,15,17,19,24-25,47-48H,6-8,10,12,14,16,18,20-23,26-46H2,1-5H3/p+1/b11-9+,15-13+,19-17+,25-24+. The van der Waals surface area contributed by atoms with Gasteiger partial charge in [0.05, 0.1) is 34.4 Å². The van der Waals surface area contributed by atoms with Crippen molar-refractivity contribution in [2.24, 2.45) is 0 Å². The summed E-state index contributed by atoms with van der Waals surface area (Å²) in [6, 6.07) is -0.618. The van der Waals surface area contributed by atoms with Gasteiger partial charge in [-0.2, -0.15) is 0 Å². The number of likely N-dealkylation sites (N-methyl/N-ethyl adjacent to an activating group) is 1. The minimum Gasteiger partial charge on any atom is -0.477 e. The van der Waals surface area contributed by atoms with E-state index >= 15 is 0 Å². The number of hydrogen-bond acceptors (Lipinski definition) is 6. The summed E-state index contributed by atoms with van der Waals surface area (Å²) in [4.78, 5) is 37.1. The van der Waals surface area contributed by atoms with Crippen LogP contribution in [0.15, 0.2) is 48.6 Å². The van der Waals surface area contributed by atoms with Crippen molar-refractivity contribution in [1.82, 2.24) is 0 Å². The van der Waals surface area contributed by atoms with Gasteiger partial charge in [0.15, 0.2) is 12.1 Å². The van der Waals surface area contributed by atoms with Crippen molar-refractivity contribution in [3.8, 4) is 0 Å². The van der Waals surface area contributed by atoms with Crippen molar-refractivity contribution in [2.75, 3.05) is 41.0 Å². The Labute approximate surface area is 363 Å². The molecule has 0 aromatic heterocycles. The van der Waals surface area contributed by atoms with Crippen LogP contribution in [0, 0.1) is 0 Å². The third kappa shape index (κ3) is 40.5. The lowest BCUT2D eigenvalue weighted by Crippen LogP contribution is -2.50. The molecule has 0 aliphatic carbocycles. The maximum Gasteiger partial charge on any atom is 0.362 e. The van der Waals surface area contributed by atoms with E-state index < -0.39 is 18.1 Å². The molecular weight excluding hydrogens is 739 g/mol. The molecule has 1 N–H and O–H groups in total. The molecule has 0 fully saturated rings. The van der Waals surface area contributed by atoms with E-state index in [0.29, 0.717) is 19.3 Å². The molecule has 0 amide bonds. The highest BCUT2D eigenvalue weighted by molar-refractivity contribution is 5.72. The van der Waals surface area contributed by atoms with Gasteiger partial charge in [0.1, 0.15) is 6.61 Å². The Kier molecular flexibility index (Phi) is 40.1. The zero-order valence-corrected chi connectivity index (χ0v) is 39.0. The Morgan fingerprint density at radius 2 is 0.966 bits per heavy atom. The summed E-state index contributed by atoms with van der Waals surface area (Å²) < 4.78 is 17.3. The average Bonchev–Trinajstić information content (AvgIpc) is 3.19. The zero-order valence-electron chi connectivity index (χ0n) is 39.0. The van der Waals surface area contributed by atoms with E-state index in [9.17, 15) is 19.5 Å². The van der Waals surface area contributed by atoms with Gasteiger partial charge in [0.2, 0.25) is 0 Å². The molecule has 0 aliphatic heterocycles. The van der Waals surface area contributed by atoms with Crippen LogP contribution in [-0.4, -0.2) is 80.6 Å². The van der Waals surface area contributed by atoms with Crippen molar-refractivity contribution in [3.63, 3.8) is 0 Å². The number of carboxylic acids is 1. The van der Waals surface area contributed by atoms with Gasteiger partial charge < -0.3 is 23.8 Å². The zero-order chi connectivity index (χ0) is 43.5. The first-order valence-corrected chi connectivity index (χ1v) is 24.2. The molecule has 2 atom stereocenters. The van der Waals surface area contributed by atoms with Crippen LogP contribution < -0.4 is 0 Å². The summed E-state index contributed by atoms with van der Waals surface area (Å²) in [6.07, 6.45) is 50.1. The van der Waals surface area contributed by atoms with Crippen LogP contribution >= 0.6 is 0 Å². The minimum absolute atomic E-state index is 0.0545. The molecule has 0 spiro atoms. The topological polar surface area (TPSA) is 99.1 Å². The number of nitrogens with zero attached hydrogens (tertiary/aromatic N) is 1. The van der Waals surface area contributed by atoms with Gasteiger partial charge in [-0.15, -0.1) is 0 Å². The average molecular weight is 831 g/mol. The van der Waals surface area contributed by atoms with E-state index in [1.54, 1.807) is 0 Å². The number of rotatable bonds is 43. The van der Waals surface area contributed by atoms with E-state index in [-0.39, 0.29) is 36.2 Å².